The molecule has 0 atom stereocenters. The number of pyridine rings is 2. The van der Waals surface area contributed by atoms with Crippen molar-refractivity contribution in [2.75, 3.05) is 6.61 Å². The number of aryl methyl sites for hydroxylation is 1. The first-order valence-corrected chi connectivity index (χ1v) is 7.74. The van der Waals surface area contributed by atoms with Gasteiger partial charge in [-0.3, -0.25) is 4.98 Å². The second-order valence-corrected chi connectivity index (χ2v) is 5.45. The summed E-state index contributed by atoms with van der Waals surface area (Å²) in [6.07, 6.45) is 3.27. The molecule has 2 aromatic rings. The Kier molecular flexibility index (Phi) is 5.50. The van der Waals surface area contributed by atoms with E-state index in [9.17, 15) is 4.79 Å². The topological polar surface area (TPSA) is 75.9 Å². The van der Waals surface area contributed by atoms with Crippen molar-refractivity contribution in [1.82, 2.24) is 9.97 Å². The maximum atomic E-state index is 12.1. The van der Waals surface area contributed by atoms with E-state index in [1.165, 1.54) is 11.8 Å². The van der Waals surface area contributed by atoms with Crippen LogP contribution in [0.15, 0.2) is 35.6 Å². The Morgan fingerprint density at radius 3 is 2.86 bits per heavy atom. The minimum atomic E-state index is -0.359. The highest BCUT2D eigenvalue weighted by atomic mass is 32.2. The molecule has 112 valence electrons. The van der Waals surface area contributed by atoms with Crippen molar-refractivity contribution in [1.29, 1.82) is 5.26 Å². The molecular formula is C16H15N3O2S. The maximum Gasteiger partial charge on any atom is 0.340 e. The molecule has 2 aromatic heterocycles. The lowest BCUT2D eigenvalue weighted by atomic mass is 10.1. The lowest BCUT2D eigenvalue weighted by Crippen LogP contribution is -2.11. The van der Waals surface area contributed by atoms with Gasteiger partial charge in [0.2, 0.25) is 0 Å². The Labute approximate surface area is 133 Å². The van der Waals surface area contributed by atoms with Gasteiger partial charge in [0.15, 0.2) is 0 Å². The largest absolute Gasteiger partial charge is 0.462 e. The molecule has 0 saturated carbocycles. The average Bonchev–Trinajstić information content (AvgIpc) is 2.53. The van der Waals surface area contributed by atoms with E-state index < -0.39 is 0 Å². The van der Waals surface area contributed by atoms with Crippen LogP contribution in [0.4, 0.5) is 0 Å². The quantitative estimate of drug-likeness (QED) is 0.623. The minimum Gasteiger partial charge on any atom is -0.462 e. The van der Waals surface area contributed by atoms with Gasteiger partial charge in [0.05, 0.1) is 34.5 Å². The zero-order chi connectivity index (χ0) is 15.9. The average molecular weight is 313 g/mol. The van der Waals surface area contributed by atoms with Gasteiger partial charge in [-0.1, -0.05) is 11.8 Å². The van der Waals surface area contributed by atoms with E-state index >= 15 is 0 Å². The van der Waals surface area contributed by atoms with Crippen molar-refractivity contribution in [2.45, 2.75) is 24.6 Å². The van der Waals surface area contributed by atoms with E-state index in [0.717, 1.165) is 10.6 Å². The fourth-order valence-electron chi connectivity index (χ4n) is 1.91. The number of esters is 1. The summed E-state index contributed by atoms with van der Waals surface area (Å²) in [6.45, 7) is 3.96. The van der Waals surface area contributed by atoms with Gasteiger partial charge in [-0.15, -0.1) is 0 Å². The van der Waals surface area contributed by atoms with Gasteiger partial charge in [0.1, 0.15) is 0 Å². The van der Waals surface area contributed by atoms with Gasteiger partial charge in [-0.2, -0.15) is 5.26 Å². The molecule has 0 amide bonds. The molecule has 2 rings (SSSR count). The zero-order valence-electron chi connectivity index (χ0n) is 12.4. The van der Waals surface area contributed by atoms with Gasteiger partial charge in [0.25, 0.3) is 0 Å². The summed E-state index contributed by atoms with van der Waals surface area (Å²) in [4.78, 5) is 20.6. The van der Waals surface area contributed by atoms with E-state index in [0.29, 0.717) is 29.2 Å². The predicted octanol–water partition coefficient (Wildman–Crippen LogP) is 3.13. The van der Waals surface area contributed by atoms with Crippen LogP contribution in [0.1, 0.15) is 34.1 Å². The summed E-state index contributed by atoms with van der Waals surface area (Å²) < 4.78 is 5.09. The van der Waals surface area contributed by atoms with Crippen LogP contribution < -0.4 is 0 Å². The van der Waals surface area contributed by atoms with Crippen molar-refractivity contribution in [3.8, 4) is 6.07 Å². The molecule has 2 heterocycles. The number of carbonyl (C=O) groups is 1. The Morgan fingerprint density at radius 1 is 1.36 bits per heavy atom. The van der Waals surface area contributed by atoms with Crippen LogP contribution in [0, 0.1) is 18.3 Å². The van der Waals surface area contributed by atoms with Crippen LogP contribution in [-0.4, -0.2) is 22.5 Å². The van der Waals surface area contributed by atoms with Crippen molar-refractivity contribution in [2.24, 2.45) is 0 Å². The molecule has 0 aliphatic carbocycles. The standard InChI is InChI=1S/C16H15N3O2S/c1-3-21-16(20)15-11(2)4-6-18-13(15)10-22-14-8-12(9-17)5-7-19-14/h4-8H,3,10H2,1-2H3. The van der Waals surface area contributed by atoms with E-state index in [-0.39, 0.29) is 5.97 Å². The molecule has 0 aromatic carbocycles. The molecule has 0 fully saturated rings. The summed E-state index contributed by atoms with van der Waals surface area (Å²) in [5, 5.41) is 9.62. The molecule has 0 radical (unpaired) electrons. The van der Waals surface area contributed by atoms with Gasteiger partial charge in [-0.05, 0) is 37.6 Å². The molecule has 0 saturated heterocycles. The normalized spacial score (nSPS) is 10.0. The molecule has 0 bridgehead atoms. The Balaban J connectivity index is 2.21. The fourth-order valence-corrected chi connectivity index (χ4v) is 2.76. The van der Waals surface area contributed by atoms with Crippen LogP contribution in [0.3, 0.4) is 0 Å². The van der Waals surface area contributed by atoms with Crippen LogP contribution in [0.2, 0.25) is 0 Å². The summed E-state index contributed by atoms with van der Waals surface area (Å²) >= 11 is 1.43. The predicted molar refractivity (Wildman–Crippen MR) is 83.4 cm³/mol. The van der Waals surface area contributed by atoms with Crippen molar-refractivity contribution in [3.63, 3.8) is 0 Å². The third kappa shape index (κ3) is 3.83. The van der Waals surface area contributed by atoms with E-state index in [2.05, 4.69) is 16.0 Å². The number of nitrogens with zero attached hydrogens (tertiary/aromatic N) is 3. The number of rotatable bonds is 5. The Bertz CT molecular complexity index is 726. The number of hydrogen-bond acceptors (Lipinski definition) is 6. The van der Waals surface area contributed by atoms with E-state index in [1.807, 2.05) is 6.92 Å². The number of aromatic nitrogens is 2. The molecule has 5 nitrogen and oxygen atoms in total. The Hall–Kier alpha value is -2.39. The number of hydrogen-bond donors (Lipinski definition) is 0. The first-order chi connectivity index (χ1) is 10.7. The lowest BCUT2D eigenvalue weighted by molar-refractivity contribution is 0.0524. The molecule has 0 unspecified atom stereocenters. The summed E-state index contributed by atoms with van der Waals surface area (Å²) in [7, 11) is 0. The van der Waals surface area contributed by atoms with Crippen LogP contribution in [-0.2, 0) is 10.5 Å². The third-order valence-electron chi connectivity index (χ3n) is 2.94. The van der Waals surface area contributed by atoms with Crippen molar-refractivity contribution in [3.05, 3.63) is 53.0 Å². The number of carbonyl (C=O) groups excluding carboxylic acids is 1. The molecule has 0 spiro atoms. The maximum absolute atomic E-state index is 12.1. The van der Waals surface area contributed by atoms with Gasteiger partial charge in [-0.25, -0.2) is 9.78 Å². The molecule has 0 aliphatic rings. The molecule has 22 heavy (non-hydrogen) atoms. The first-order valence-electron chi connectivity index (χ1n) is 6.76. The minimum absolute atomic E-state index is 0.325. The van der Waals surface area contributed by atoms with Crippen molar-refractivity contribution >= 4 is 17.7 Å². The highest BCUT2D eigenvalue weighted by molar-refractivity contribution is 7.98. The smallest absolute Gasteiger partial charge is 0.340 e. The summed E-state index contributed by atoms with van der Waals surface area (Å²) in [5.74, 6) is 0.125. The summed E-state index contributed by atoms with van der Waals surface area (Å²) in [6, 6.07) is 7.23. The molecular weight excluding hydrogens is 298 g/mol. The second-order valence-electron chi connectivity index (χ2n) is 4.45. The van der Waals surface area contributed by atoms with Gasteiger partial charge in [0, 0.05) is 18.1 Å². The fraction of sp³-hybridized carbons (Fsp3) is 0.250. The SMILES string of the molecule is CCOC(=O)c1c(C)ccnc1CSc1cc(C#N)ccn1. The van der Waals surface area contributed by atoms with Crippen molar-refractivity contribution < 1.29 is 9.53 Å². The number of nitriles is 1. The van der Waals surface area contributed by atoms with E-state index in [4.69, 9.17) is 10.00 Å². The zero-order valence-corrected chi connectivity index (χ0v) is 13.2. The second kappa shape index (κ2) is 7.57. The third-order valence-corrected chi connectivity index (χ3v) is 3.87. The molecule has 6 heteroatoms. The number of ether oxygens (including phenoxy) is 1. The monoisotopic (exact) mass is 313 g/mol. The summed E-state index contributed by atoms with van der Waals surface area (Å²) in [5.41, 5.74) is 2.56. The highest BCUT2D eigenvalue weighted by Crippen LogP contribution is 2.24. The van der Waals surface area contributed by atoms with Crippen LogP contribution >= 0.6 is 11.8 Å². The first kappa shape index (κ1) is 16.0. The van der Waals surface area contributed by atoms with Gasteiger partial charge < -0.3 is 4.74 Å². The van der Waals surface area contributed by atoms with E-state index in [1.54, 1.807) is 37.5 Å². The molecule has 0 N–H and O–H groups in total. The number of thioether (sulfide) groups is 1. The van der Waals surface area contributed by atoms with Gasteiger partial charge >= 0.3 is 5.97 Å². The molecule has 0 aliphatic heterocycles. The van der Waals surface area contributed by atoms with Crippen LogP contribution in [0.25, 0.3) is 0 Å². The van der Waals surface area contributed by atoms with Crippen LogP contribution in [0.5, 0.6) is 0 Å². The lowest BCUT2D eigenvalue weighted by Gasteiger charge is -2.10. The Morgan fingerprint density at radius 2 is 2.14 bits per heavy atom. The highest BCUT2D eigenvalue weighted by Gasteiger charge is 2.17.